The van der Waals surface area contributed by atoms with Crippen molar-refractivity contribution in [2.24, 2.45) is 0 Å². The van der Waals surface area contributed by atoms with Crippen LogP contribution in [0.1, 0.15) is 11.1 Å². The highest BCUT2D eigenvalue weighted by molar-refractivity contribution is 5.71. The van der Waals surface area contributed by atoms with Crippen molar-refractivity contribution < 1.29 is 9.63 Å². The Balaban J connectivity index is 1.89. The van der Waals surface area contributed by atoms with Crippen molar-refractivity contribution in [3.63, 3.8) is 0 Å². The summed E-state index contributed by atoms with van der Waals surface area (Å²) in [5.74, 6) is 0. The SMILES string of the molecule is CONc1ccc(CCc2ccc(NC=O)cc2)cc1. The van der Waals surface area contributed by atoms with Crippen LogP contribution in [0.3, 0.4) is 0 Å². The zero-order valence-electron chi connectivity index (χ0n) is 11.4. The van der Waals surface area contributed by atoms with Gasteiger partial charge in [0, 0.05) is 5.69 Å². The van der Waals surface area contributed by atoms with Crippen molar-refractivity contribution in [2.75, 3.05) is 17.9 Å². The highest BCUT2D eigenvalue weighted by Gasteiger charge is 1.98. The van der Waals surface area contributed by atoms with Gasteiger partial charge in [-0.05, 0) is 48.2 Å². The molecule has 0 aliphatic carbocycles. The van der Waals surface area contributed by atoms with Crippen molar-refractivity contribution in [1.82, 2.24) is 0 Å². The van der Waals surface area contributed by atoms with Gasteiger partial charge in [-0.25, -0.2) is 0 Å². The summed E-state index contributed by atoms with van der Waals surface area (Å²) in [4.78, 5) is 15.2. The molecule has 0 aliphatic rings. The predicted molar refractivity (Wildman–Crippen MR) is 80.6 cm³/mol. The van der Waals surface area contributed by atoms with Crippen molar-refractivity contribution in [3.8, 4) is 0 Å². The first-order valence-electron chi connectivity index (χ1n) is 6.49. The molecule has 0 aromatic heterocycles. The number of nitrogens with one attached hydrogen (secondary N) is 2. The minimum Gasteiger partial charge on any atom is -0.329 e. The average molecular weight is 270 g/mol. The van der Waals surface area contributed by atoms with Gasteiger partial charge in [0.25, 0.3) is 0 Å². The Labute approximate surface area is 118 Å². The number of carbonyl (C=O) groups is 1. The van der Waals surface area contributed by atoms with Crippen molar-refractivity contribution in [1.29, 1.82) is 0 Å². The van der Waals surface area contributed by atoms with E-state index in [0.717, 1.165) is 24.2 Å². The van der Waals surface area contributed by atoms with E-state index in [1.54, 1.807) is 7.11 Å². The second-order valence-electron chi connectivity index (χ2n) is 4.46. The van der Waals surface area contributed by atoms with Crippen LogP contribution in [0.5, 0.6) is 0 Å². The topological polar surface area (TPSA) is 50.4 Å². The van der Waals surface area contributed by atoms with Gasteiger partial charge in [-0.15, -0.1) is 0 Å². The number of hydrogen-bond donors (Lipinski definition) is 2. The molecule has 1 amide bonds. The minimum absolute atomic E-state index is 0.685. The summed E-state index contributed by atoms with van der Waals surface area (Å²) in [6.07, 6.45) is 2.64. The van der Waals surface area contributed by atoms with Crippen LogP contribution in [0.2, 0.25) is 0 Å². The first kappa shape index (κ1) is 14.1. The molecule has 0 saturated carbocycles. The van der Waals surface area contributed by atoms with E-state index in [2.05, 4.69) is 22.9 Å². The molecular formula is C16H18N2O2. The summed E-state index contributed by atoms with van der Waals surface area (Å²) >= 11 is 0. The second-order valence-corrected chi connectivity index (χ2v) is 4.46. The van der Waals surface area contributed by atoms with E-state index in [-0.39, 0.29) is 0 Å². The number of carbonyl (C=O) groups excluding carboxylic acids is 1. The molecule has 4 heteroatoms. The summed E-state index contributed by atoms with van der Waals surface area (Å²) in [5, 5.41) is 2.63. The lowest BCUT2D eigenvalue weighted by Crippen LogP contribution is -1.97. The number of benzene rings is 2. The highest BCUT2D eigenvalue weighted by atomic mass is 16.6. The number of hydrogen-bond acceptors (Lipinski definition) is 3. The third-order valence-corrected chi connectivity index (χ3v) is 3.06. The Morgan fingerprint density at radius 2 is 1.40 bits per heavy atom. The maximum absolute atomic E-state index is 10.3. The van der Waals surface area contributed by atoms with E-state index < -0.39 is 0 Å². The third-order valence-electron chi connectivity index (χ3n) is 3.06. The summed E-state index contributed by atoms with van der Waals surface area (Å²) in [6.45, 7) is 0. The Bertz CT molecular complexity index is 535. The van der Waals surface area contributed by atoms with Crippen LogP contribution < -0.4 is 10.8 Å². The van der Waals surface area contributed by atoms with Crippen LogP contribution in [-0.2, 0) is 22.5 Å². The molecule has 2 rings (SSSR count). The van der Waals surface area contributed by atoms with Gasteiger partial charge in [0.2, 0.25) is 6.41 Å². The molecule has 0 atom stereocenters. The van der Waals surface area contributed by atoms with E-state index in [0.29, 0.717) is 6.41 Å². The summed E-state index contributed by atoms with van der Waals surface area (Å²) in [6, 6.07) is 16.1. The van der Waals surface area contributed by atoms with Gasteiger partial charge >= 0.3 is 0 Å². The first-order chi connectivity index (χ1) is 9.81. The molecule has 4 nitrogen and oxygen atoms in total. The van der Waals surface area contributed by atoms with Crippen molar-refractivity contribution in [2.45, 2.75) is 12.8 Å². The molecule has 0 aliphatic heterocycles. The molecule has 0 saturated heterocycles. The highest BCUT2D eigenvalue weighted by Crippen LogP contribution is 2.14. The van der Waals surface area contributed by atoms with Crippen LogP contribution in [-0.4, -0.2) is 13.5 Å². The Morgan fingerprint density at radius 3 is 1.85 bits per heavy atom. The normalized spacial score (nSPS) is 10.1. The van der Waals surface area contributed by atoms with Crippen molar-refractivity contribution >= 4 is 17.8 Å². The monoisotopic (exact) mass is 270 g/mol. The summed E-state index contributed by atoms with van der Waals surface area (Å²) < 4.78 is 0. The van der Waals surface area contributed by atoms with Gasteiger partial charge < -0.3 is 5.32 Å². The second kappa shape index (κ2) is 7.31. The summed E-state index contributed by atoms with van der Waals surface area (Å²) in [7, 11) is 1.59. The average Bonchev–Trinajstić information content (AvgIpc) is 2.49. The first-order valence-corrected chi connectivity index (χ1v) is 6.49. The van der Waals surface area contributed by atoms with E-state index in [1.807, 2.05) is 36.4 Å². The summed E-state index contributed by atoms with van der Waals surface area (Å²) in [5.41, 5.74) is 7.08. The molecule has 0 unspecified atom stereocenters. The van der Waals surface area contributed by atoms with E-state index in [4.69, 9.17) is 4.84 Å². The smallest absolute Gasteiger partial charge is 0.211 e. The predicted octanol–water partition coefficient (Wildman–Crippen LogP) is 3.01. The molecular weight excluding hydrogens is 252 g/mol. The maximum Gasteiger partial charge on any atom is 0.211 e. The molecule has 0 fully saturated rings. The molecule has 0 radical (unpaired) electrons. The maximum atomic E-state index is 10.3. The lowest BCUT2D eigenvalue weighted by atomic mass is 10.0. The minimum atomic E-state index is 0.685. The standard InChI is InChI=1S/C16H18N2O2/c1-20-18-16-10-6-14(7-11-16)3-2-13-4-8-15(9-5-13)17-12-19/h4-12,18H,2-3H2,1H3,(H,17,19). The van der Waals surface area contributed by atoms with Gasteiger partial charge in [0.1, 0.15) is 0 Å². The van der Waals surface area contributed by atoms with Gasteiger partial charge in [0.15, 0.2) is 0 Å². The van der Waals surface area contributed by atoms with E-state index in [9.17, 15) is 4.79 Å². The molecule has 0 heterocycles. The fraction of sp³-hybridized carbons (Fsp3) is 0.188. The zero-order valence-corrected chi connectivity index (χ0v) is 11.4. The molecule has 2 aromatic rings. The fourth-order valence-corrected chi connectivity index (χ4v) is 1.98. The molecule has 0 spiro atoms. The van der Waals surface area contributed by atoms with Crippen molar-refractivity contribution in [3.05, 3.63) is 59.7 Å². The lowest BCUT2D eigenvalue weighted by Gasteiger charge is -2.06. The van der Waals surface area contributed by atoms with Crippen LogP contribution in [0, 0.1) is 0 Å². The van der Waals surface area contributed by atoms with Crippen LogP contribution >= 0.6 is 0 Å². The van der Waals surface area contributed by atoms with Gasteiger partial charge in [-0.3, -0.25) is 15.1 Å². The third kappa shape index (κ3) is 4.10. The van der Waals surface area contributed by atoms with Crippen LogP contribution in [0.15, 0.2) is 48.5 Å². The number of aryl methyl sites for hydroxylation is 2. The van der Waals surface area contributed by atoms with Gasteiger partial charge in [0.05, 0.1) is 12.8 Å². The fourth-order valence-electron chi connectivity index (χ4n) is 1.98. The van der Waals surface area contributed by atoms with E-state index >= 15 is 0 Å². The van der Waals surface area contributed by atoms with Crippen LogP contribution in [0.25, 0.3) is 0 Å². The quantitative estimate of drug-likeness (QED) is 0.600. The van der Waals surface area contributed by atoms with Gasteiger partial charge in [-0.1, -0.05) is 24.3 Å². The van der Waals surface area contributed by atoms with Gasteiger partial charge in [-0.2, -0.15) is 0 Å². The molecule has 2 N–H and O–H groups in total. The Hall–Kier alpha value is -2.33. The Kier molecular flexibility index (Phi) is 5.15. The molecule has 2 aromatic carbocycles. The number of amides is 1. The lowest BCUT2D eigenvalue weighted by molar-refractivity contribution is -0.105. The molecule has 20 heavy (non-hydrogen) atoms. The number of anilines is 2. The largest absolute Gasteiger partial charge is 0.329 e. The van der Waals surface area contributed by atoms with Crippen LogP contribution in [0.4, 0.5) is 11.4 Å². The molecule has 104 valence electrons. The molecule has 0 bridgehead atoms. The van der Waals surface area contributed by atoms with E-state index in [1.165, 1.54) is 11.1 Å². The zero-order chi connectivity index (χ0) is 14.2. The number of rotatable bonds is 7. The Morgan fingerprint density at radius 1 is 0.900 bits per heavy atom.